The van der Waals surface area contributed by atoms with Crippen molar-refractivity contribution < 1.29 is 23.9 Å². The Kier molecular flexibility index (Phi) is 10.9. The van der Waals surface area contributed by atoms with Gasteiger partial charge in [0.2, 0.25) is 5.91 Å². The van der Waals surface area contributed by atoms with Gasteiger partial charge in [0.15, 0.2) is 0 Å². The van der Waals surface area contributed by atoms with Crippen LogP contribution in [0.5, 0.6) is 0 Å². The van der Waals surface area contributed by atoms with Crippen LogP contribution in [0.3, 0.4) is 0 Å². The van der Waals surface area contributed by atoms with E-state index in [4.69, 9.17) is 9.47 Å². The topological polar surface area (TPSA) is 97.8 Å². The molecule has 3 heterocycles. The maximum atomic E-state index is 12.8. The van der Waals surface area contributed by atoms with E-state index in [-0.39, 0.29) is 24.0 Å². The number of nitrogens with zero attached hydrogens (tertiary/aromatic N) is 2. The number of amides is 1. The van der Waals surface area contributed by atoms with Crippen LogP contribution in [-0.4, -0.2) is 71.9 Å². The highest BCUT2D eigenvalue weighted by atomic mass is 33.1. The number of carbonyl (C=O) groups excluding carboxylic acids is 3. The Balaban J connectivity index is 1.18. The Labute approximate surface area is 232 Å². The maximum absolute atomic E-state index is 12.8. The Morgan fingerprint density at radius 2 is 1.89 bits per heavy atom. The zero-order valence-electron chi connectivity index (χ0n) is 21.6. The van der Waals surface area contributed by atoms with E-state index in [1.54, 1.807) is 52.1 Å². The summed E-state index contributed by atoms with van der Waals surface area (Å²) in [5.41, 5.74) is 0.485. The van der Waals surface area contributed by atoms with Crippen LogP contribution in [0.4, 0.5) is 0 Å². The second kappa shape index (κ2) is 14.6. The number of esters is 2. The van der Waals surface area contributed by atoms with E-state index in [2.05, 4.69) is 15.2 Å². The first-order valence-corrected chi connectivity index (χ1v) is 15.5. The lowest BCUT2D eigenvalue weighted by Crippen LogP contribution is -2.55. The molecule has 8 nitrogen and oxygen atoms in total. The molecular formula is C28H35N3O5S2. The average Bonchev–Trinajstić information content (AvgIpc) is 3.23. The number of nitrogens with one attached hydrogen (secondary N) is 1. The van der Waals surface area contributed by atoms with Crippen LogP contribution in [0.1, 0.15) is 48.9 Å². The number of unbranched alkanes of at least 4 members (excludes halogenated alkanes) is 1. The highest BCUT2D eigenvalue weighted by Gasteiger charge is 2.52. The van der Waals surface area contributed by atoms with Crippen LogP contribution < -0.4 is 5.32 Å². The number of rotatable bonds is 13. The molecule has 1 N–H and O–H groups in total. The molecule has 2 fully saturated rings. The van der Waals surface area contributed by atoms with Crippen LogP contribution in [0, 0.1) is 5.92 Å². The zero-order valence-corrected chi connectivity index (χ0v) is 23.3. The molecule has 0 saturated carbocycles. The summed E-state index contributed by atoms with van der Waals surface area (Å²) in [4.78, 5) is 44.3. The van der Waals surface area contributed by atoms with Crippen molar-refractivity contribution in [2.45, 2.75) is 61.7 Å². The lowest BCUT2D eigenvalue weighted by Gasteiger charge is -2.42. The molecule has 0 radical (unpaired) electrons. The standard InChI is InChI=1S/C28H35N3O5S2/c1-35-28(34)26-22-13-12-21(19-23(26)36-27(33)20-9-3-2-4-10-20)31(22)17-8-7-15-29-24(32)14-18-37-38-25-11-5-6-16-30-25/h2-6,9-11,16,21-23,26H,7-8,12-15,17-19H2,1H3,(H,29,32). The molecule has 4 unspecified atom stereocenters. The Morgan fingerprint density at radius 3 is 2.66 bits per heavy atom. The molecule has 204 valence electrons. The molecule has 38 heavy (non-hydrogen) atoms. The Morgan fingerprint density at radius 1 is 1.08 bits per heavy atom. The molecule has 4 rings (SSSR count). The number of piperidine rings is 1. The number of pyridine rings is 1. The summed E-state index contributed by atoms with van der Waals surface area (Å²) in [6.07, 6.45) is 6.02. The third-order valence-electron chi connectivity index (χ3n) is 7.11. The lowest BCUT2D eigenvalue weighted by molar-refractivity contribution is -0.156. The second-order valence-electron chi connectivity index (χ2n) is 9.51. The Bertz CT molecular complexity index is 1060. The number of fused-ring (bicyclic) bond motifs is 2. The average molecular weight is 558 g/mol. The minimum Gasteiger partial charge on any atom is -0.469 e. The number of benzene rings is 1. The van der Waals surface area contributed by atoms with Crippen LogP contribution in [0.15, 0.2) is 59.8 Å². The van der Waals surface area contributed by atoms with E-state index in [1.165, 1.54) is 7.11 Å². The van der Waals surface area contributed by atoms with Gasteiger partial charge >= 0.3 is 11.9 Å². The molecule has 2 aliphatic heterocycles. The van der Waals surface area contributed by atoms with Crippen molar-refractivity contribution in [3.8, 4) is 0 Å². The van der Waals surface area contributed by atoms with Gasteiger partial charge in [-0.2, -0.15) is 0 Å². The molecular weight excluding hydrogens is 522 g/mol. The van der Waals surface area contributed by atoms with E-state index in [1.807, 2.05) is 24.3 Å². The van der Waals surface area contributed by atoms with Crippen molar-refractivity contribution in [2.24, 2.45) is 5.92 Å². The van der Waals surface area contributed by atoms with E-state index in [9.17, 15) is 14.4 Å². The van der Waals surface area contributed by atoms with Crippen LogP contribution in [0.2, 0.25) is 0 Å². The smallest absolute Gasteiger partial charge is 0.338 e. The highest BCUT2D eigenvalue weighted by Crippen LogP contribution is 2.41. The van der Waals surface area contributed by atoms with Gasteiger partial charge in [-0.3, -0.25) is 14.5 Å². The van der Waals surface area contributed by atoms with Crippen LogP contribution in [-0.2, 0) is 19.1 Å². The summed E-state index contributed by atoms with van der Waals surface area (Å²) in [5.74, 6) is -0.423. The second-order valence-corrected chi connectivity index (χ2v) is 11.9. The number of carbonyl (C=O) groups is 3. The van der Waals surface area contributed by atoms with Crippen molar-refractivity contribution in [3.05, 3.63) is 60.3 Å². The minimum atomic E-state index is -0.493. The molecule has 0 aliphatic carbocycles. The van der Waals surface area contributed by atoms with Crippen molar-refractivity contribution in [1.82, 2.24) is 15.2 Å². The molecule has 0 spiro atoms. The summed E-state index contributed by atoms with van der Waals surface area (Å²) in [6, 6.07) is 14.9. The highest BCUT2D eigenvalue weighted by molar-refractivity contribution is 8.76. The first kappa shape index (κ1) is 28.4. The number of aromatic nitrogens is 1. The molecule has 2 saturated heterocycles. The van der Waals surface area contributed by atoms with Gasteiger partial charge in [0.05, 0.1) is 12.7 Å². The van der Waals surface area contributed by atoms with E-state index in [0.717, 1.165) is 43.0 Å². The molecule has 2 bridgehead atoms. The summed E-state index contributed by atoms with van der Waals surface area (Å²) in [6.45, 7) is 1.48. The number of hydrogen-bond donors (Lipinski definition) is 1. The van der Waals surface area contributed by atoms with Crippen LogP contribution in [0.25, 0.3) is 0 Å². The third kappa shape index (κ3) is 7.74. The number of methoxy groups -OCH3 is 1. The maximum Gasteiger partial charge on any atom is 0.338 e. The summed E-state index contributed by atoms with van der Waals surface area (Å²) in [7, 11) is 4.60. The Hall–Kier alpha value is -2.56. The predicted molar refractivity (Wildman–Crippen MR) is 149 cm³/mol. The van der Waals surface area contributed by atoms with Gasteiger partial charge in [-0.25, -0.2) is 9.78 Å². The SMILES string of the molecule is COC(=O)C1C(OC(=O)c2ccccc2)CC2CCC1N2CCCCNC(=O)CCSSc1ccccn1. The van der Waals surface area contributed by atoms with Crippen molar-refractivity contribution in [2.75, 3.05) is 26.0 Å². The number of ether oxygens (including phenoxy) is 2. The fourth-order valence-electron chi connectivity index (χ4n) is 5.33. The molecule has 4 atom stereocenters. The van der Waals surface area contributed by atoms with Gasteiger partial charge in [-0.05, 0) is 67.3 Å². The minimum absolute atomic E-state index is 0.00186. The first-order valence-electron chi connectivity index (χ1n) is 13.1. The number of hydrogen-bond acceptors (Lipinski definition) is 9. The fourth-order valence-corrected chi connectivity index (χ4v) is 7.20. The molecule has 2 aromatic rings. The van der Waals surface area contributed by atoms with Crippen molar-refractivity contribution >= 4 is 39.4 Å². The van der Waals surface area contributed by atoms with Gasteiger partial charge in [0, 0.05) is 43.4 Å². The third-order valence-corrected chi connectivity index (χ3v) is 9.38. The van der Waals surface area contributed by atoms with Crippen LogP contribution >= 0.6 is 21.6 Å². The quantitative estimate of drug-likeness (QED) is 0.219. The summed E-state index contributed by atoms with van der Waals surface area (Å²) < 4.78 is 11.0. The van der Waals surface area contributed by atoms with Crippen molar-refractivity contribution in [1.29, 1.82) is 0 Å². The van der Waals surface area contributed by atoms with Gasteiger partial charge in [-0.1, -0.05) is 35.1 Å². The van der Waals surface area contributed by atoms with E-state index >= 15 is 0 Å². The van der Waals surface area contributed by atoms with Gasteiger partial charge in [0.25, 0.3) is 0 Å². The fraction of sp³-hybridized carbons (Fsp3) is 0.500. The summed E-state index contributed by atoms with van der Waals surface area (Å²) >= 11 is 0. The normalized spacial score (nSPS) is 22.6. The molecule has 1 aromatic heterocycles. The monoisotopic (exact) mass is 557 g/mol. The first-order chi connectivity index (χ1) is 18.6. The largest absolute Gasteiger partial charge is 0.469 e. The predicted octanol–water partition coefficient (Wildman–Crippen LogP) is 4.36. The summed E-state index contributed by atoms with van der Waals surface area (Å²) in [5, 5.41) is 3.95. The molecule has 1 aromatic carbocycles. The molecule has 10 heteroatoms. The van der Waals surface area contributed by atoms with Gasteiger partial charge in [-0.15, -0.1) is 0 Å². The van der Waals surface area contributed by atoms with E-state index < -0.39 is 18.0 Å². The lowest BCUT2D eigenvalue weighted by atomic mass is 9.87. The van der Waals surface area contributed by atoms with E-state index in [0.29, 0.717) is 24.9 Å². The molecule has 2 aliphatic rings. The van der Waals surface area contributed by atoms with Gasteiger partial charge in [0.1, 0.15) is 17.0 Å². The van der Waals surface area contributed by atoms with Gasteiger partial charge < -0.3 is 14.8 Å². The molecule has 1 amide bonds. The zero-order chi connectivity index (χ0) is 26.7. The van der Waals surface area contributed by atoms with Crippen molar-refractivity contribution in [3.63, 3.8) is 0 Å².